The van der Waals surface area contributed by atoms with Crippen molar-refractivity contribution in [2.45, 2.75) is 44.6 Å². The monoisotopic (exact) mass is 513 g/mol. The van der Waals surface area contributed by atoms with Crippen molar-refractivity contribution < 1.29 is 9.18 Å². The lowest BCUT2D eigenvalue weighted by Gasteiger charge is -2.29. The predicted molar refractivity (Wildman–Crippen MR) is 147 cm³/mol. The Morgan fingerprint density at radius 1 is 1.08 bits per heavy atom. The predicted octanol–water partition coefficient (Wildman–Crippen LogP) is 5.41. The number of piperidine rings is 1. The lowest BCUT2D eigenvalue weighted by molar-refractivity contribution is 0.228. The van der Waals surface area contributed by atoms with E-state index in [0.717, 1.165) is 75.1 Å². The Bertz CT molecular complexity index is 1280. The van der Waals surface area contributed by atoms with E-state index in [1.54, 1.807) is 12.1 Å². The Morgan fingerprint density at radius 2 is 1.87 bits per heavy atom. The van der Waals surface area contributed by atoms with E-state index >= 15 is 0 Å². The molecule has 0 bridgehead atoms. The third kappa shape index (κ3) is 5.39. The Balaban J connectivity index is 1.15. The molecule has 3 atom stereocenters. The molecule has 1 aliphatic heterocycles. The molecule has 0 radical (unpaired) electrons. The number of halogens is 1. The molecule has 0 spiro atoms. The molecule has 3 N–H and O–H groups in total. The van der Waals surface area contributed by atoms with Crippen LogP contribution in [-0.4, -0.2) is 35.4 Å². The van der Waals surface area contributed by atoms with Crippen LogP contribution in [0.25, 0.3) is 11.8 Å². The SMILES string of the molecule is O=C(NCC1CCNCC1)NC(CC1CCC2=Cc3c(cnn3-c3ccc(F)cc3)CC21)c1ccccc1. The van der Waals surface area contributed by atoms with E-state index in [0.29, 0.717) is 17.8 Å². The number of hydrogen-bond acceptors (Lipinski definition) is 3. The summed E-state index contributed by atoms with van der Waals surface area (Å²) >= 11 is 0. The number of allylic oxidation sites excluding steroid dienone is 1. The number of carbonyl (C=O) groups excluding carboxylic acids is 1. The Morgan fingerprint density at radius 3 is 2.66 bits per heavy atom. The summed E-state index contributed by atoms with van der Waals surface area (Å²) in [6.45, 7) is 2.79. The molecule has 2 amide bonds. The second-order valence-electron chi connectivity index (χ2n) is 11.0. The quantitative estimate of drug-likeness (QED) is 0.396. The molecule has 6 nitrogen and oxygen atoms in total. The third-order valence-electron chi connectivity index (χ3n) is 8.62. The molecule has 2 aromatic carbocycles. The van der Waals surface area contributed by atoms with E-state index in [2.05, 4.69) is 39.3 Å². The maximum atomic E-state index is 13.4. The standard InChI is InChI=1S/C31H36FN5O/c32-26-8-10-27(11-9-26)37-30-18-24-7-6-23(28(24)16-25(30)20-35-37)17-29(22-4-2-1-3-5-22)36-31(38)34-19-21-12-14-33-15-13-21/h1-5,8-11,18,20-21,23,28-29,33H,6-7,12-17,19H2,(H2,34,36,38). The Labute approximate surface area is 223 Å². The minimum absolute atomic E-state index is 0.0306. The summed E-state index contributed by atoms with van der Waals surface area (Å²) in [5.74, 6) is 1.25. The number of aromatic nitrogens is 2. The van der Waals surface area contributed by atoms with Crippen LogP contribution in [0.3, 0.4) is 0 Å². The van der Waals surface area contributed by atoms with E-state index in [1.165, 1.54) is 23.3 Å². The van der Waals surface area contributed by atoms with Crippen LogP contribution in [0.15, 0.2) is 66.4 Å². The molecule has 7 heteroatoms. The highest BCUT2D eigenvalue weighted by Crippen LogP contribution is 2.46. The van der Waals surface area contributed by atoms with Gasteiger partial charge in [0.05, 0.1) is 23.6 Å². The van der Waals surface area contributed by atoms with Crippen LogP contribution in [0, 0.1) is 23.6 Å². The number of hydrogen-bond donors (Lipinski definition) is 3. The zero-order valence-corrected chi connectivity index (χ0v) is 21.7. The van der Waals surface area contributed by atoms with Gasteiger partial charge >= 0.3 is 6.03 Å². The molecule has 38 heavy (non-hydrogen) atoms. The maximum absolute atomic E-state index is 13.4. The van der Waals surface area contributed by atoms with Crippen LogP contribution >= 0.6 is 0 Å². The maximum Gasteiger partial charge on any atom is 0.315 e. The van der Waals surface area contributed by atoms with Gasteiger partial charge in [0.2, 0.25) is 0 Å². The van der Waals surface area contributed by atoms with Crippen molar-refractivity contribution in [2.24, 2.45) is 17.8 Å². The first-order valence-corrected chi connectivity index (χ1v) is 14.0. The number of carbonyl (C=O) groups is 1. The summed E-state index contributed by atoms with van der Waals surface area (Å²) in [6.07, 6.45) is 10.5. The van der Waals surface area contributed by atoms with E-state index in [-0.39, 0.29) is 17.9 Å². The van der Waals surface area contributed by atoms with Gasteiger partial charge in [0, 0.05) is 6.54 Å². The summed E-state index contributed by atoms with van der Waals surface area (Å²) in [5, 5.41) is 14.5. The summed E-state index contributed by atoms with van der Waals surface area (Å²) in [5.41, 5.74) is 5.84. The summed E-state index contributed by atoms with van der Waals surface area (Å²) in [7, 11) is 0. The van der Waals surface area contributed by atoms with Crippen LogP contribution in [0.1, 0.15) is 55.0 Å². The topological polar surface area (TPSA) is 71.0 Å². The minimum Gasteiger partial charge on any atom is -0.338 e. The van der Waals surface area contributed by atoms with Gasteiger partial charge in [-0.05, 0) is 111 Å². The van der Waals surface area contributed by atoms with E-state index in [4.69, 9.17) is 0 Å². The number of nitrogens with zero attached hydrogens (tertiary/aromatic N) is 2. The average molecular weight is 514 g/mol. The first-order valence-electron chi connectivity index (χ1n) is 14.0. The fraction of sp³-hybridized carbons (Fsp3) is 0.419. The number of rotatable bonds is 7. The fourth-order valence-electron chi connectivity index (χ4n) is 6.50. The fourth-order valence-corrected chi connectivity index (χ4v) is 6.50. The highest BCUT2D eigenvalue weighted by Gasteiger charge is 2.37. The molecule has 3 aliphatic rings. The van der Waals surface area contributed by atoms with Gasteiger partial charge in [-0.15, -0.1) is 0 Å². The highest BCUT2D eigenvalue weighted by molar-refractivity contribution is 5.74. The van der Waals surface area contributed by atoms with Gasteiger partial charge < -0.3 is 16.0 Å². The summed E-state index contributed by atoms with van der Waals surface area (Å²) < 4.78 is 15.4. The Kier molecular flexibility index (Phi) is 7.27. The molecule has 2 aliphatic carbocycles. The number of urea groups is 1. The Hall–Kier alpha value is -3.45. The smallest absolute Gasteiger partial charge is 0.315 e. The van der Waals surface area contributed by atoms with Gasteiger partial charge in [-0.2, -0.15) is 5.10 Å². The van der Waals surface area contributed by atoms with Crippen LogP contribution in [0.5, 0.6) is 0 Å². The van der Waals surface area contributed by atoms with Crippen LogP contribution in [0.2, 0.25) is 0 Å². The van der Waals surface area contributed by atoms with Crippen molar-refractivity contribution in [2.75, 3.05) is 19.6 Å². The molecular weight excluding hydrogens is 477 g/mol. The van der Waals surface area contributed by atoms with Crippen LogP contribution in [0.4, 0.5) is 9.18 Å². The summed E-state index contributed by atoms with van der Waals surface area (Å²) in [6, 6.07) is 16.8. The van der Waals surface area contributed by atoms with Gasteiger partial charge in [0.1, 0.15) is 5.82 Å². The van der Waals surface area contributed by atoms with E-state index < -0.39 is 0 Å². The zero-order chi connectivity index (χ0) is 25.9. The van der Waals surface area contributed by atoms with Gasteiger partial charge in [-0.25, -0.2) is 13.9 Å². The molecular formula is C31H36FN5O. The highest BCUT2D eigenvalue weighted by atomic mass is 19.1. The second-order valence-corrected chi connectivity index (χ2v) is 11.0. The second kappa shape index (κ2) is 11.1. The van der Waals surface area contributed by atoms with Gasteiger partial charge in [0.15, 0.2) is 0 Å². The van der Waals surface area contributed by atoms with Crippen LogP contribution < -0.4 is 16.0 Å². The normalized spacial score (nSPS) is 21.8. The number of fused-ring (bicyclic) bond motifs is 2. The first kappa shape index (κ1) is 24.9. The molecule has 3 aromatic rings. The molecule has 1 saturated heterocycles. The molecule has 3 unspecified atom stereocenters. The lowest BCUT2D eigenvalue weighted by Crippen LogP contribution is -2.42. The van der Waals surface area contributed by atoms with E-state index in [9.17, 15) is 9.18 Å². The number of amides is 2. The van der Waals surface area contributed by atoms with Crippen molar-refractivity contribution in [3.63, 3.8) is 0 Å². The van der Waals surface area contributed by atoms with Crippen molar-refractivity contribution >= 4 is 12.1 Å². The van der Waals surface area contributed by atoms with Gasteiger partial charge in [0.25, 0.3) is 0 Å². The molecule has 6 rings (SSSR count). The van der Waals surface area contributed by atoms with Crippen molar-refractivity contribution in [1.82, 2.24) is 25.7 Å². The molecule has 1 aromatic heterocycles. The first-order chi connectivity index (χ1) is 18.6. The zero-order valence-electron chi connectivity index (χ0n) is 21.7. The minimum atomic E-state index is -0.242. The average Bonchev–Trinajstić information content (AvgIpc) is 3.55. The molecule has 198 valence electrons. The van der Waals surface area contributed by atoms with E-state index in [1.807, 2.05) is 29.1 Å². The molecule has 2 fully saturated rings. The van der Waals surface area contributed by atoms with Crippen molar-refractivity contribution in [3.8, 4) is 5.69 Å². The summed E-state index contributed by atoms with van der Waals surface area (Å²) in [4.78, 5) is 13.0. The molecule has 2 heterocycles. The number of benzene rings is 2. The van der Waals surface area contributed by atoms with Gasteiger partial charge in [-0.3, -0.25) is 0 Å². The van der Waals surface area contributed by atoms with Crippen molar-refractivity contribution in [3.05, 3.63) is 89.0 Å². The molecule has 1 saturated carbocycles. The van der Waals surface area contributed by atoms with Gasteiger partial charge in [-0.1, -0.05) is 35.9 Å². The lowest BCUT2D eigenvalue weighted by atomic mass is 9.80. The third-order valence-corrected chi connectivity index (χ3v) is 8.62. The number of nitrogens with one attached hydrogen (secondary N) is 3. The van der Waals surface area contributed by atoms with Crippen LogP contribution in [-0.2, 0) is 6.42 Å². The largest absolute Gasteiger partial charge is 0.338 e. The van der Waals surface area contributed by atoms with Crippen molar-refractivity contribution in [1.29, 1.82) is 0 Å².